The van der Waals surface area contributed by atoms with E-state index in [2.05, 4.69) is 10.6 Å². The monoisotopic (exact) mass is 362 g/mol. The normalized spacial score (nSPS) is 10.6. The van der Waals surface area contributed by atoms with Crippen LogP contribution in [0, 0.1) is 0 Å². The highest BCUT2D eigenvalue weighted by Crippen LogP contribution is 2.25. The van der Waals surface area contributed by atoms with Crippen molar-refractivity contribution in [2.45, 2.75) is 0 Å². The quantitative estimate of drug-likeness (QED) is 0.537. The molecule has 5 nitrogen and oxygen atoms in total. The Hall–Kier alpha value is -3.38. The van der Waals surface area contributed by atoms with Crippen molar-refractivity contribution in [1.82, 2.24) is 0 Å². The molecule has 4 aromatic rings. The van der Waals surface area contributed by atoms with E-state index in [1.807, 2.05) is 29.6 Å². The van der Waals surface area contributed by atoms with Gasteiger partial charge in [0, 0.05) is 5.39 Å². The van der Waals surface area contributed by atoms with Gasteiger partial charge in [0.2, 0.25) is 0 Å². The molecule has 128 valence electrons. The number of rotatable bonds is 4. The highest BCUT2D eigenvalue weighted by atomic mass is 32.1. The zero-order chi connectivity index (χ0) is 17.9. The summed E-state index contributed by atoms with van der Waals surface area (Å²) in [5.74, 6) is -0.380. The predicted octanol–water partition coefficient (Wildman–Crippen LogP) is 5.00. The van der Waals surface area contributed by atoms with Gasteiger partial charge in [0.15, 0.2) is 5.76 Å². The van der Waals surface area contributed by atoms with Gasteiger partial charge in [-0.25, -0.2) is 0 Å². The van der Waals surface area contributed by atoms with Crippen LogP contribution in [-0.2, 0) is 0 Å². The third kappa shape index (κ3) is 3.22. The lowest BCUT2D eigenvalue weighted by atomic mass is 10.2. The molecule has 0 aliphatic carbocycles. The van der Waals surface area contributed by atoms with Crippen LogP contribution in [0.3, 0.4) is 0 Å². The van der Waals surface area contributed by atoms with Crippen molar-refractivity contribution < 1.29 is 14.0 Å². The van der Waals surface area contributed by atoms with Crippen molar-refractivity contribution in [2.24, 2.45) is 0 Å². The molecule has 0 bridgehead atoms. The molecule has 2 aromatic carbocycles. The summed E-state index contributed by atoms with van der Waals surface area (Å²) in [6.45, 7) is 0. The number of nitrogens with one attached hydrogen (secondary N) is 2. The number of benzene rings is 2. The molecule has 6 heteroatoms. The molecule has 0 aliphatic heterocycles. The molecular formula is C20H14N2O3S. The number of fused-ring (bicyclic) bond motifs is 1. The zero-order valence-corrected chi connectivity index (χ0v) is 14.4. The second-order valence-electron chi connectivity index (χ2n) is 5.58. The number of furan rings is 1. The highest BCUT2D eigenvalue weighted by molar-refractivity contribution is 7.12. The predicted molar refractivity (Wildman–Crippen MR) is 103 cm³/mol. The average Bonchev–Trinajstić information content (AvgIpc) is 3.33. The van der Waals surface area contributed by atoms with Crippen LogP contribution < -0.4 is 10.6 Å². The lowest BCUT2D eigenvalue weighted by Crippen LogP contribution is -2.15. The van der Waals surface area contributed by atoms with E-state index < -0.39 is 0 Å². The number of para-hydroxylation sites is 3. The molecule has 26 heavy (non-hydrogen) atoms. The molecule has 2 heterocycles. The van der Waals surface area contributed by atoms with Crippen molar-refractivity contribution in [2.75, 3.05) is 10.6 Å². The summed E-state index contributed by atoms with van der Waals surface area (Å²) in [7, 11) is 0. The minimum Gasteiger partial charge on any atom is -0.451 e. The molecule has 0 aliphatic rings. The van der Waals surface area contributed by atoms with Crippen molar-refractivity contribution in [3.8, 4) is 0 Å². The van der Waals surface area contributed by atoms with Crippen LogP contribution in [-0.4, -0.2) is 11.8 Å². The van der Waals surface area contributed by atoms with Gasteiger partial charge in [0.25, 0.3) is 11.8 Å². The fourth-order valence-corrected chi connectivity index (χ4v) is 3.19. The fraction of sp³-hybridized carbons (Fsp3) is 0. The number of anilines is 2. The first-order chi connectivity index (χ1) is 12.7. The summed E-state index contributed by atoms with van der Waals surface area (Å²) < 4.78 is 5.58. The maximum atomic E-state index is 12.5. The summed E-state index contributed by atoms with van der Waals surface area (Å²) in [4.78, 5) is 25.4. The molecule has 2 amide bonds. The largest absolute Gasteiger partial charge is 0.451 e. The molecule has 0 saturated carbocycles. The first-order valence-electron chi connectivity index (χ1n) is 7.94. The average molecular weight is 362 g/mol. The number of hydrogen-bond donors (Lipinski definition) is 2. The van der Waals surface area contributed by atoms with E-state index in [9.17, 15) is 9.59 Å². The maximum Gasteiger partial charge on any atom is 0.291 e. The van der Waals surface area contributed by atoms with E-state index in [1.54, 1.807) is 42.5 Å². The Balaban J connectivity index is 1.56. The number of carbonyl (C=O) groups excluding carboxylic acids is 2. The van der Waals surface area contributed by atoms with Crippen LogP contribution >= 0.6 is 11.3 Å². The lowest BCUT2D eigenvalue weighted by Gasteiger charge is -2.11. The summed E-state index contributed by atoms with van der Waals surface area (Å²) in [5.41, 5.74) is 1.68. The molecule has 0 atom stereocenters. The minimum atomic E-state index is -0.376. The van der Waals surface area contributed by atoms with Crippen LogP contribution in [0.1, 0.15) is 20.2 Å². The second-order valence-corrected chi connectivity index (χ2v) is 6.53. The van der Waals surface area contributed by atoms with Crippen molar-refractivity contribution in [1.29, 1.82) is 0 Å². The van der Waals surface area contributed by atoms with Gasteiger partial charge in [-0.05, 0) is 35.7 Å². The molecule has 2 aromatic heterocycles. The van der Waals surface area contributed by atoms with Crippen LogP contribution in [0.25, 0.3) is 11.0 Å². The third-order valence-corrected chi connectivity index (χ3v) is 4.69. The van der Waals surface area contributed by atoms with E-state index in [1.165, 1.54) is 11.3 Å². The molecule has 0 saturated heterocycles. The number of hydrogen-bond acceptors (Lipinski definition) is 4. The van der Waals surface area contributed by atoms with Crippen LogP contribution in [0.5, 0.6) is 0 Å². The van der Waals surface area contributed by atoms with E-state index in [-0.39, 0.29) is 17.6 Å². The topological polar surface area (TPSA) is 71.3 Å². The summed E-state index contributed by atoms with van der Waals surface area (Å²) in [6.07, 6.45) is 0. The standard InChI is InChI=1S/C20H14N2O3S/c23-19(17-12-13-6-1-4-9-16(13)25-17)21-14-7-2-3-8-15(14)22-20(24)18-10-5-11-26-18/h1-12H,(H,21,23)(H,22,24). The Morgan fingerprint density at radius 3 is 2.19 bits per heavy atom. The smallest absolute Gasteiger partial charge is 0.291 e. The third-order valence-electron chi connectivity index (χ3n) is 3.82. The Kier molecular flexibility index (Phi) is 4.25. The second kappa shape index (κ2) is 6.85. The van der Waals surface area contributed by atoms with Gasteiger partial charge in [-0.15, -0.1) is 11.3 Å². The molecular weight excluding hydrogens is 348 g/mol. The van der Waals surface area contributed by atoms with Crippen molar-refractivity contribution in [3.05, 3.63) is 82.7 Å². The maximum absolute atomic E-state index is 12.5. The van der Waals surface area contributed by atoms with Crippen LogP contribution in [0.2, 0.25) is 0 Å². The van der Waals surface area contributed by atoms with Gasteiger partial charge >= 0.3 is 0 Å². The zero-order valence-electron chi connectivity index (χ0n) is 13.6. The van der Waals surface area contributed by atoms with Crippen molar-refractivity contribution >= 4 is 45.5 Å². The van der Waals surface area contributed by atoms with E-state index in [4.69, 9.17) is 4.42 Å². The van der Waals surface area contributed by atoms with Gasteiger partial charge in [0.1, 0.15) is 5.58 Å². The molecule has 0 radical (unpaired) electrons. The van der Waals surface area contributed by atoms with Gasteiger partial charge in [-0.3, -0.25) is 9.59 Å². The Morgan fingerprint density at radius 2 is 1.50 bits per heavy atom. The van der Waals surface area contributed by atoms with E-state index in [0.29, 0.717) is 21.8 Å². The summed E-state index contributed by atoms with van der Waals surface area (Å²) in [5, 5.41) is 8.31. The SMILES string of the molecule is O=C(Nc1ccccc1NC(=O)c1cccs1)c1cc2ccccc2o1. The number of thiophene rings is 1. The summed E-state index contributed by atoms with van der Waals surface area (Å²) >= 11 is 1.35. The lowest BCUT2D eigenvalue weighted by molar-refractivity contribution is 0.0995. The molecule has 0 spiro atoms. The fourth-order valence-electron chi connectivity index (χ4n) is 2.57. The Bertz CT molecular complexity index is 1050. The van der Waals surface area contributed by atoms with Gasteiger partial charge < -0.3 is 15.1 Å². The highest BCUT2D eigenvalue weighted by Gasteiger charge is 2.15. The first kappa shape index (κ1) is 16.1. The number of carbonyl (C=O) groups is 2. The number of amides is 2. The van der Waals surface area contributed by atoms with Crippen molar-refractivity contribution in [3.63, 3.8) is 0 Å². The van der Waals surface area contributed by atoms with E-state index in [0.717, 1.165) is 5.39 Å². The first-order valence-corrected chi connectivity index (χ1v) is 8.82. The molecule has 4 rings (SSSR count). The summed E-state index contributed by atoms with van der Waals surface area (Å²) in [6, 6.07) is 19.7. The van der Waals surface area contributed by atoms with Gasteiger partial charge in [-0.2, -0.15) is 0 Å². The van der Waals surface area contributed by atoms with E-state index >= 15 is 0 Å². The molecule has 2 N–H and O–H groups in total. The van der Waals surface area contributed by atoms with Gasteiger partial charge in [0.05, 0.1) is 16.3 Å². The van der Waals surface area contributed by atoms with Gasteiger partial charge in [-0.1, -0.05) is 36.4 Å². The van der Waals surface area contributed by atoms with Crippen LogP contribution in [0.15, 0.2) is 76.5 Å². The van der Waals surface area contributed by atoms with Crippen LogP contribution in [0.4, 0.5) is 11.4 Å². The molecule has 0 fully saturated rings. The Morgan fingerprint density at radius 1 is 0.808 bits per heavy atom. The Labute approximate surface area is 153 Å². The minimum absolute atomic E-state index is 0.214. The molecule has 0 unspecified atom stereocenters.